The molecular weight excluding hydrogens is 404 g/mol. The SMILES string of the molecule is Cn1cc(C(=O)Oc2ccc(/C=N\NC(=O)c3ccco3)cc2)c(Br)n1. The van der Waals surface area contributed by atoms with Crippen molar-refractivity contribution < 1.29 is 18.7 Å². The molecule has 0 saturated carbocycles. The van der Waals surface area contributed by atoms with E-state index in [1.807, 2.05) is 0 Å². The summed E-state index contributed by atoms with van der Waals surface area (Å²) in [4.78, 5) is 23.8. The summed E-state index contributed by atoms with van der Waals surface area (Å²) in [6.45, 7) is 0. The van der Waals surface area contributed by atoms with Crippen LogP contribution in [0.2, 0.25) is 0 Å². The maximum Gasteiger partial charge on any atom is 0.347 e. The van der Waals surface area contributed by atoms with Crippen LogP contribution in [0.25, 0.3) is 0 Å². The van der Waals surface area contributed by atoms with Gasteiger partial charge in [0.1, 0.15) is 15.9 Å². The van der Waals surface area contributed by atoms with Crippen molar-refractivity contribution in [1.29, 1.82) is 0 Å². The zero-order chi connectivity index (χ0) is 18.5. The van der Waals surface area contributed by atoms with Gasteiger partial charge in [0, 0.05) is 13.2 Å². The summed E-state index contributed by atoms with van der Waals surface area (Å²) in [6, 6.07) is 9.79. The fourth-order valence-electron chi connectivity index (χ4n) is 2.01. The minimum atomic E-state index is -0.517. The Morgan fingerprint density at radius 3 is 2.69 bits per heavy atom. The molecule has 0 spiro atoms. The lowest BCUT2D eigenvalue weighted by molar-refractivity contribution is 0.0733. The van der Waals surface area contributed by atoms with Crippen molar-refractivity contribution in [2.75, 3.05) is 0 Å². The van der Waals surface area contributed by atoms with Crippen molar-refractivity contribution in [1.82, 2.24) is 15.2 Å². The van der Waals surface area contributed by atoms with E-state index in [2.05, 4.69) is 31.6 Å². The largest absolute Gasteiger partial charge is 0.459 e. The number of furan rings is 1. The zero-order valence-electron chi connectivity index (χ0n) is 13.5. The molecule has 1 amide bonds. The number of esters is 1. The molecule has 0 saturated heterocycles. The van der Waals surface area contributed by atoms with E-state index in [-0.39, 0.29) is 5.76 Å². The minimum Gasteiger partial charge on any atom is -0.459 e. The molecule has 0 aliphatic rings. The van der Waals surface area contributed by atoms with Gasteiger partial charge in [-0.15, -0.1) is 0 Å². The lowest BCUT2D eigenvalue weighted by atomic mass is 10.2. The second-order valence-electron chi connectivity index (χ2n) is 5.14. The van der Waals surface area contributed by atoms with E-state index in [1.54, 1.807) is 43.6 Å². The van der Waals surface area contributed by atoms with Crippen molar-refractivity contribution >= 4 is 34.0 Å². The summed E-state index contributed by atoms with van der Waals surface area (Å²) >= 11 is 3.21. The molecule has 0 radical (unpaired) electrons. The first kappa shape index (κ1) is 17.6. The van der Waals surface area contributed by atoms with Crippen LogP contribution in [0.1, 0.15) is 26.5 Å². The molecular formula is C17H13BrN4O4. The van der Waals surface area contributed by atoms with E-state index >= 15 is 0 Å². The maximum atomic E-state index is 12.1. The maximum absolute atomic E-state index is 12.1. The van der Waals surface area contributed by atoms with Gasteiger partial charge in [0.15, 0.2) is 5.76 Å². The number of benzene rings is 1. The molecule has 3 rings (SSSR count). The first-order valence-electron chi connectivity index (χ1n) is 7.41. The summed E-state index contributed by atoms with van der Waals surface area (Å²) in [7, 11) is 1.71. The van der Waals surface area contributed by atoms with Gasteiger partial charge in [0.05, 0.1) is 12.5 Å². The number of hydrogen-bond donors (Lipinski definition) is 1. The average Bonchev–Trinajstić information content (AvgIpc) is 3.26. The molecule has 0 aliphatic heterocycles. The predicted molar refractivity (Wildman–Crippen MR) is 96.1 cm³/mol. The first-order chi connectivity index (χ1) is 12.5. The fraction of sp³-hybridized carbons (Fsp3) is 0.0588. The topological polar surface area (TPSA) is 98.7 Å². The molecule has 132 valence electrons. The molecule has 0 atom stereocenters. The van der Waals surface area contributed by atoms with Crippen LogP contribution in [0.5, 0.6) is 5.75 Å². The highest BCUT2D eigenvalue weighted by Crippen LogP contribution is 2.18. The van der Waals surface area contributed by atoms with Crippen LogP contribution in [-0.2, 0) is 7.05 Å². The fourth-order valence-corrected chi connectivity index (χ4v) is 2.52. The number of carbonyl (C=O) groups excluding carboxylic acids is 2. The van der Waals surface area contributed by atoms with Crippen molar-refractivity contribution in [2.45, 2.75) is 0 Å². The highest BCUT2D eigenvalue weighted by atomic mass is 79.9. The lowest BCUT2D eigenvalue weighted by Gasteiger charge is -2.03. The van der Waals surface area contributed by atoms with Crippen LogP contribution in [0.15, 0.2) is 63.0 Å². The van der Waals surface area contributed by atoms with Gasteiger partial charge in [-0.2, -0.15) is 10.2 Å². The summed E-state index contributed by atoms with van der Waals surface area (Å²) in [6.07, 6.45) is 4.43. The van der Waals surface area contributed by atoms with Crippen molar-refractivity contribution in [3.8, 4) is 5.75 Å². The third kappa shape index (κ3) is 4.25. The van der Waals surface area contributed by atoms with Gasteiger partial charge < -0.3 is 9.15 Å². The van der Waals surface area contributed by atoms with E-state index in [0.717, 1.165) is 0 Å². The molecule has 8 nitrogen and oxygen atoms in total. The van der Waals surface area contributed by atoms with Gasteiger partial charge in [-0.1, -0.05) is 0 Å². The number of rotatable bonds is 5. The van der Waals surface area contributed by atoms with Crippen molar-refractivity contribution in [3.05, 3.63) is 70.3 Å². The highest BCUT2D eigenvalue weighted by molar-refractivity contribution is 9.10. The Morgan fingerprint density at radius 2 is 2.08 bits per heavy atom. The molecule has 0 unspecified atom stereocenters. The van der Waals surface area contributed by atoms with Crippen LogP contribution in [0.3, 0.4) is 0 Å². The van der Waals surface area contributed by atoms with Gasteiger partial charge in [-0.3, -0.25) is 9.48 Å². The Morgan fingerprint density at radius 1 is 1.31 bits per heavy atom. The summed E-state index contributed by atoms with van der Waals surface area (Å²) < 4.78 is 12.2. The number of aryl methyl sites for hydroxylation is 1. The zero-order valence-corrected chi connectivity index (χ0v) is 15.1. The standard InChI is InChI=1S/C17H13BrN4O4/c1-22-10-13(15(18)21-22)17(24)26-12-6-4-11(5-7-12)9-19-20-16(23)14-3-2-8-25-14/h2-10H,1H3,(H,20,23)/b19-9-. The highest BCUT2D eigenvalue weighted by Gasteiger charge is 2.16. The summed E-state index contributed by atoms with van der Waals surface area (Å²) in [5, 5.41) is 7.87. The number of hydrogen-bond acceptors (Lipinski definition) is 6. The van der Waals surface area contributed by atoms with Crippen LogP contribution < -0.4 is 10.2 Å². The van der Waals surface area contributed by atoms with E-state index in [9.17, 15) is 9.59 Å². The molecule has 2 aromatic heterocycles. The van der Waals surface area contributed by atoms with E-state index in [0.29, 0.717) is 21.5 Å². The van der Waals surface area contributed by atoms with Gasteiger partial charge in [-0.25, -0.2) is 10.2 Å². The Kier molecular flexibility index (Phi) is 5.28. The average molecular weight is 417 g/mol. The molecule has 3 aromatic rings. The van der Waals surface area contributed by atoms with E-state index in [4.69, 9.17) is 9.15 Å². The molecule has 1 aromatic carbocycles. The van der Waals surface area contributed by atoms with E-state index < -0.39 is 11.9 Å². The van der Waals surface area contributed by atoms with Gasteiger partial charge in [0.25, 0.3) is 0 Å². The summed E-state index contributed by atoms with van der Waals surface area (Å²) in [5.74, 6) is -0.413. The number of nitrogens with zero attached hydrogens (tertiary/aromatic N) is 3. The second kappa shape index (κ2) is 7.79. The molecule has 26 heavy (non-hydrogen) atoms. The van der Waals surface area contributed by atoms with Gasteiger partial charge in [-0.05, 0) is 57.9 Å². The number of halogens is 1. The molecule has 0 bridgehead atoms. The van der Waals surface area contributed by atoms with Crippen LogP contribution in [0, 0.1) is 0 Å². The lowest BCUT2D eigenvalue weighted by Crippen LogP contribution is -2.16. The summed E-state index contributed by atoms with van der Waals surface area (Å²) in [5.41, 5.74) is 3.39. The Balaban J connectivity index is 1.58. The van der Waals surface area contributed by atoms with Crippen molar-refractivity contribution in [2.24, 2.45) is 12.1 Å². The molecule has 1 N–H and O–H groups in total. The molecule has 0 fully saturated rings. The van der Waals surface area contributed by atoms with Crippen LogP contribution in [-0.4, -0.2) is 27.9 Å². The molecule has 0 aliphatic carbocycles. The first-order valence-corrected chi connectivity index (χ1v) is 8.20. The van der Waals surface area contributed by atoms with Gasteiger partial charge in [0.2, 0.25) is 0 Å². The van der Waals surface area contributed by atoms with Crippen LogP contribution >= 0.6 is 15.9 Å². The number of hydrazone groups is 1. The number of ether oxygens (including phenoxy) is 1. The van der Waals surface area contributed by atoms with E-state index in [1.165, 1.54) is 23.2 Å². The Bertz CT molecular complexity index is 946. The Hall–Kier alpha value is -3.20. The number of nitrogens with one attached hydrogen (secondary N) is 1. The third-order valence-electron chi connectivity index (χ3n) is 3.22. The molecule has 9 heteroatoms. The third-order valence-corrected chi connectivity index (χ3v) is 3.80. The predicted octanol–water partition coefficient (Wildman–Crippen LogP) is 2.76. The Labute approximate surface area is 156 Å². The molecule has 2 heterocycles. The number of aromatic nitrogens is 2. The number of amides is 1. The van der Waals surface area contributed by atoms with Crippen LogP contribution in [0.4, 0.5) is 0 Å². The second-order valence-corrected chi connectivity index (χ2v) is 5.89. The van der Waals surface area contributed by atoms with Gasteiger partial charge >= 0.3 is 11.9 Å². The van der Waals surface area contributed by atoms with Crippen molar-refractivity contribution in [3.63, 3.8) is 0 Å². The smallest absolute Gasteiger partial charge is 0.347 e. The monoisotopic (exact) mass is 416 g/mol. The minimum absolute atomic E-state index is 0.172. The number of carbonyl (C=O) groups is 2. The quantitative estimate of drug-likeness (QED) is 0.298. The normalized spacial score (nSPS) is 10.8.